The summed E-state index contributed by atoms with van der Waals surface area (Å²) in [6, 6.07) is 48.0. The van der Waals surface area contributed by atoms with Gasteiger partial charge in [0.25, 0.3) is 0 Å². The maximum absolute atomic E-state index is 6.46. The fourth-order valence-electron chi connectivity index (χ4n) is 11.8. The highest BCUT2D eigenvalue weighted by Crippen LogP contribution is 2.70. The number of fused-ring (bicyclic) bond motifs is 7. The van der Waals surface area contributed by atoms with Gasteiger partial charge in [-0.3, -0.25) is 4.98 Å². The molecule has 0 amide bonds. The highest BCUT2D eigenvalue weighted by Gasteiger charge is 2.61. The number of para-hydroxylation sites is 1. The van der Waals surface area contributed by atoms with E-state index in [0.29, 0.717) is 0 Å². The van der Waals surface area contributed by atoms with Crippen LogP contribution in [-0.2, 0) is 5.41 Å². The van der Waals surface area contributed by atoms with Gasteiger partial charge in [-0.1, -0.05) is 84.9 Å². The lowest BCUT2D eigenvalue weighted by molar-refractivity contribution is -0.0399. The molecule has 0 atom stereocenters. The number of benzene rings is 6. The Morgan fingerprint density at radius 2 is 1.16 bits per heavy atom. The van der Waals surface area contributed by atoms with Crippen molar-refractivity contribution in [2.45, 2.75) is 37.5 Å². The Balaban J connectivity index is 1.12. The lowest BCUT2D eigenvalue weighted by Gasteiger charge is -2.61. The van der Waals surface area contributed by atoms with Crippen molar-refractivity contribution in [3.63, 3.8) is 0 Å². The zero-order chi connectivity index (χ0) is 33.3. The molecule has 1 spiro atoms. The highest BCUT2D eigenvalue weighted by atomic mass is 16.3. The predicted octanol–water partition coefficient (Wildman–Crippen LogP) is 12.9. The summed E-state index contributed by atoms with van der Waals surface area (Å²) in [5, 5.41) is 4.86. The van der Waals surface area contributed by atoms with Crippen LogP contribution in [0.3, 0.4) is 0 Å². The van der Waals surface area contributed by atoms with Gasteiger partial charge >= 0.3 is 0 Å². The number of furan rings is 1. The van der Waals surface area contributed by atoms with Crippen molar-refractivity contribution >= 4 is 32.7 Å². The Bertz CT molecular complexity index is 2690. The normalized spacial score (nSPS) is 24.2. The number of nitrogens with zero attached hydrogens (tertiary/aromatic N) is 1. The van der Waals surface area contributed by atoms with Crippen LogP contribution in [-0.4, -0.2) is 4.98 Å². The van der Waals surface area contributed by atoms with Crippen molar-refractivity contribution in [3.05, 3.63) is 151 Å². The Labute approximate surface area is 297 Å². The van der Waals surface area contributed by atoms with Crippen molar-refractivity contribution in [2.24, 2.45) is 23.7 Å². The second-order valence-corrected chi connectivity index (χ2v) is 16.0. The lowest BCUT2D eigenvalue weighted by atomic mass is 9.43. The molecule has 0 radical (unpaired) electrons. The van der Waals surface area contributed by atoms with Crippen molar-refractivity contribution in [1.82, 2.24) is 4.98 Å². The Morgan fingerprint density at radius 3 is 1.98 bits per heavy atom. The average molecular weight is 656 g/mol. The molecule has 4 fully saturated rings. The average Bonchev–Trinajstić information content (AvgIpc) is 3.70. The van der Waals surface area contributed by atoms with E-state index in [1.54, 1.807) is 11.1 Å². The molecule has 13 rings (SSSR count). The molecule has 2 nitrogen and oxygen atoms in total. The first-order valence-electron chi connectivity index (χ1n) is 18.9. The molecule has 2 heteroatoms. The molecule has 0 aliphatic heterocycles. The van der Waals surface area contributed by atoms with Gasteiger partial charge in [-0.2, -0.15) is 0 Å². The number of hydrogen-bond acceptors (Lipinski definition) is 2. The van der Waals surface area contributed by atoms with Gasteiger partial charge in [0.05, 0.1) is 0 Å². The van der Waals surface area contributed by atoms with Gasteiger partial charge < -0.3 is 4.42 Å². The Hall–Kier alpha value is -5.47. The molecule has 244 valence electrons. The predicted molar refractivity (Wildman–Crippen MR) is 209 cm³/mol. The molecule has 2 aromatic heterocycles. The summed E-state index contributed by atoms with van der Waals surface area (Å²) in [6.45, 7) is 0. The Morgan fingerprint density at radius 1 is 0.471 bits per heavy atom. The van der Waals surface area contributed by atoms with E-state index in [0.717, 1.165) is 34.8 Å². The van der Waals surface area contributed by atoms with Crippen LogP contribution in [0.5, 0.6) is 0 Å². The molecular weight excluding hydrogens is 619 g/mol. The van der Waals surface area contributed by atoms with Crippen LogP contribution < -0.4 is 0 Å². The largest absolute Gasteiger partial charge is 0.456 e. The molecule has 0 unspecified atom stereocenters. The van der Waals surface area contributed by atoms with Crippen LogP contribution in [0.25, 0.3) is 77.2 Å². The van der Waals surface area contributed by atoms with Crippen LogP contribution >= 0.6 is 0 Å². The summed E-state index contributed by atoms with van der Waals surface area (Å²) in [5.41, 5.74) is 15.7. The first-order chi connectivity index (χ1) is 25.2. The fraction of sp³-hybridized carbons (Fsp3) is 0.204. The minimum atomic E-state index is 0.117. The monoisotopic (exact) mass is 655 g/mol. The maximum atomic E-state index is 6.46. The van der Waals surface area contributed by atoms with E-state index < -0.39 is 0 Å². The fourth-order valence-corrected chi connectivity index (χ4v) is 11.8. The summed E-state index contributed by atoms with van der Waals surface area (Å²) in [5.74, 6) is 3.29. The lowest BCUT2D eigenvalue weighted by Crippen LogP contribution is -2.55. The summed E-state index contributed by atoms with van der Waals surface area (Å²) in [6.07, 6.45) is 10.7. The van der Waals surface area contributed by atoms with Gasteiger partial charge in [-0.25, -0.2) is 0 Å². The minimum Gasteiger partial charge on any atom is -0.456 e. The third-order valence-electron chi connectivity index (χ3n) is 13.6. The van der Waals surface area contributed by atoms with Crippen LogP contribution in [0.15, 0.2) is 144 Å². The van der Waals surface area contributed by atoms with Gasteiger partial charge in [0.1, 0.15) is 11.2 Å². The van der Waals surface area contributed by atoms with E-state index in [1.807, 2.05) is 12.4 Å². The first-order valence-corrected chi connectivity index (χ1v) is 18.9. The molecule has 4 bridgehead atoms. The molecule has 51 heavy (non-hydrogen) atoms. The molecule has 8 aromatic rings. The number of hydrogen-bond donors (Lipinski definition) is 0. The van der Waals surface area contributed by atoms with Crippen molar-refractivity contribution in [2.75, 3.05) is 0 Å². The number of rotatable bonds is 3. The van der Waals surface area contributed by atoms with Gasteiger partial charge in [0.2, 0.25) is 0 Å². The molecule has 0 saturated heterocycles. The Kier molecular flexibility index (Phi) is 5.70. The zero-order valence-corrected chi connectivity index (χ0v) is 28.5. The molecular formula is C49H37NO. The minimum absolute atomic E-state index is 0.117. The summed E-state index contributed by atoms with van der Waals surface area (Å²) in [4.78, 5) is 4.23. The van der Waals surface area contributed by atoms with Crippen molar-refractivity contribution < 1.29 is 4.42 Å². The SMILES string of the molecule is c1ccc2c(c1)-c1c(ccc(-c3ccc4c(c3)oc3ccccc34)c1-c1ccc3cc(-c4ccncc4)ccc3c1)C21C2CC3CC(C2)CC1C3. The highest BCUT2D eigenvalue weighted by molar-refractivity contribution is 6.08. The molecule has 2 heterocycles. The molecule has 5 aliphatic rings. The second-order valence-electron chi connectivity index (χ2n) is 16.0. The van der Waals surface area contributed by atoms with Gasteiger partial charge in [-0.05, 0) is 165 Å². The van der Waals surface area contributed by atoms with E-state index in [1.165, 1.54) is 98.2 Å². The summed E-state index contributed by atoms with van der Waals surface area (Å²) < 4.78 is 6.46. The van der Waals surface area contributed by atoms with E-state index in [9.17, 15) is 0 Å². The van der Waals surface area contributed by atoms with E-state index in [2.05, 4.69) is 132 Å². The van der Waals surface area contributed by atoms with E-state index >= 15 is 0 Å². The third-order valence-corrected chi connectivity index (χ3v) is 13.6. The third kappa shape index (κ3) is 3.86. The van der Waals surface area contributed by atoms with Crippen LogP contribution in [0.2, 0.25) is 0 Å². The standard InChI is InChI=1S/C49H37NO/c1-3-7-43-42(6-1)48-44(49(43)37-22-29-21-30(24-37)25-38(49)23-29)16-15-39(35-13-14-41-40-5-2-4-8-45(40)51-46(41)28-35)47(48)36-12-11-33-26-32(9-10-34(33)27-36)31-17-19-50-20-18-31/h1-20,26-30,37-38H,21-25H2. The van der Waals surface area contributed by atoms with Crippen LogP contribution in [0, 0.1) is 23.7 Å². The smallest absolute Gasteiger partial charge is 0.136 e. The van der Waals surface area contributed by atoms with Crippen molar-refractivity contribution in [1.29, 1.82) is 0 Å². The number of aromatic nitrogens is 1. The van der Waals surface area contributed by atoms with Gasteiger partial charge in [0, 0.05) is 28.6 Å². The van der Waals surface area contributed by atoms with Crippen LogP contribution in [0.4, 0.5) is 0 Å². The zero-order valence-electron chi connectivity index (χ0n) is 28.5. The van der Waals surface area contributed by atoms with Crippen LogP contribution in [0.1, 0.15) is 43.2 Å². The van der Waals surface area contributed by atoms with Gasteiger partial charge in [0.15, 0.2) is 0 Å². The number of pyridine rings is 1. The van der Waals surface area contributed by atoms with Gasteiger partial charge in [-0.15, -0.1) is 0 Å². The van der Waals surface area contributed by atoms with E-state index in [4.69, 9.17) is 4.42 Å². The maximum Gasteiger partial charge on any atom is 0.136 e. The second kappa shape index (κ2) is 10.3. The molecule has 6 aromatic carbocycles. The quantitative estimate of drug-likeness (QED) is 0.189. The molecule has 0 N–H and O–H groups in total. The topological polar surface area (TPSA) is 26.0 Å². The summed E-state index contributed by atoms with van der Waals surface area (Å²) in [7, 11) is 0. The first kappa shape index (κ1) is 28.3. The summed E-state index contributed by atoms with van der Waals surface area (Å²) >= 11 is 0. The van der Waals surface area contributed by atoms with Crippen molar-refractivity contribution in [3.8, 4) is 44.5 Å². The molecule has 5 aliphatic carbocycles. The van der Waals surface area contributed by atoms with E-state index in [-0.39, 0.29) is 5.41 Å². The molecule has 4 saturated carbocycles.